The van der Waals surface area contributed by atoms with Crippen molar-refractivity contribution in [1.29, 1.82) is 0 Å². The second kappa shape index (κ2) is 7.62. The van der Waals surface area contributed by atoms with Crippen molar-refractivity contribution in [2.75, 3.05) is 39.3 Å². The number of nitrogens with one attached hydrogen (secondary N) is 1. The summed E-state index contributed by atoms with van der Waals surface area (Å²) >= 11 is 0. The average molecular weight is 256 g/mol. The maximum Gasteiger partial charge on any atom is 0.324 e. The monoisotopic (exact) mass is 256 g/mol. The molecule has 102 valence electrons. The topological polar surface area (TPSA) is 98.4 Å². The molecule has 1 rings (SSSR count). The van der Waals surface area contributed by atoms with E-state index >= 15 is 0 Å². The second-order valence-corrected chi connectivity index (χ2v) is 3.81. The lowest BCUT2D eigenvalue weighted by atomic mass is 10.4. The Labute approximate surface area is 106 Å². The predicted molar refractivity (Wildman–Crippen MR) is 67.5 cm³/mol. The molecule has 0 amide bonds. The summed E-state index contributed by atoms with van der Waals surface area (Å²) in [5, 5.41) is 0. The number of rotatable bonds is 8. The van der Waals surface area contributed by atoms with Gasteiger partial charge in [-0.15, -0.1) is 4.98 Å². The van der Waals surface area contributed by atoms with Crippen LogP contribution in [-0.2, 0) is 0 Å². The van der Waals surface area contributed by atoms with Crippen molar-refractivity contribution in [3.63, 3.8) is 0 Å². The van der Waals surface area contributed by atoms with Crippen LogP contribution in [0.5, 0.6) is 12.0 Å². The Kier molecular flexibility index (Phi) is 6.09. The smallest absolute Gasteiger partial charge is 0.324 e. The number of hydrazine groups is 1. The van der Waals surface area contributed by atoms with E-state index in [1.54, 1.807) is 0 Å². The van der Waals surface area contributed by atoms with Gasteiger partial charge >= 0.3 is 12.0 Å². The van der Waals surface area contributed by atoms with Gasteiger partial charge in [0.2, 0.25) is 5.95 Å². The van der Waals surface area contributed by atoms with Crippen molar-refractivity contribution in [2.45, 2.75) is 13.3 Å². The van der Waals surface area contributed by atoms with E-state index in [9.17, 15) is 0 Å². The van der Waals surface area contributed by atoms with Gasteiger partial charge in [0.1, 0.15) is 0 Å². The number of anilines is 1. The highest BCUT2D eigenvalue weighted by atomic mass is 16.5. The minimum Gasteiger partial charge on any atom is -0.464 e. The summed E-state index contributed by atoms with van der Waals surface area (Å²) in [4.78, 5) is 14.0. The van der Waals surface area contributed by atoms with Crippen LogP contribution in [0.4, 0.5) is 5.95 Å². The molecular weight excluding hydrogens is 236 g/mol. The number of ether oxygens (including phenoxy) is 2. The summed E-state index contributed by atoms with van der Waals surface area (Å²) in [5.74, 6) is 5.48. The summed E-state index contributed by atoms with van der Waals surface area (Å²) in [6, 6.07) is 0.406. The van der Waals surface area contributed by atoms with Gasteiger partial charge in [-0.05, 0) is 27.4 Å². The minimum atomic E-state index is 0.197. The van der Waals surface area contributed by atoms with Crippen molar-refractivity contribution < 1.29 is 9.47 Å². The first kappa shape index (κ1) is 14.4. The molecule has 0 radical (unpaired) electrons. The SMILES string of the molecule is CCOc1nc(NN)nc(OCCCN(C)C)n1. The van der Waals surface area contributed by atoms with E-state index in [0.29, 0.717) is 13.2 Å². The van der Waals surface area contributed by atoms with Crippen molar-refractivity contribution in [2.24, 2.45) is 5.84 Å². The molecule has 0 saturated heterocycles. The van der Waals surface area contributed by atoms with E-state index in [1.165, 1.54) is 0 Å². The number of aromatic nitrogens is 3. The van der Waals surface area contributed by atoms with E-state index in [-0.39, 0.29) is 18.0 Å². The van der Waals surface area contributed by atoms with Crippen LogP contribution >= 0.6 is 0 Å². The average Bonchev–Trinajstić information content (AvgIpc) is 2.34. The molecule has 0 fully saturated rings. The molecule has 0 aliphatic rings. The lowest BCUT2D eigenvalue weighted by molar-refractivity contribution is 0.252. The van der Waals surface area contributed by atoms with Gasteiger partial charge in [-0.2, -0.15) is 9.97 Å². The molecule has 0 bridgehead atoms. The van der Waals surface area contributed by atoms with Crippen molar-refractivity contribution >= 4 is 5.95 Å². The third-order valence-electron chi connectivity index (χ3n) is 1.98. The molecule has 0 spiro atoms. The number of hydrogen-bond donors (Lipinski definition) is 2. The summed E-state index contributed by atoms with van der Waals surface area (Å²) in [7, 11) is 4.01. The van der Waals surface area contributed by atoms with Gasteiger partial charge in [-0.1, -0.05) is 0 Å². The van der Waals surface area contributed by atoms with Crippen LogP contribution in [0.2, 0.25) is 0 Å². The Hall–Kier alpha value is -1.67. The van der Waals surface area contributed by atoms with Crippen LogP contribution in [0.3, 0.4) is 0 Å². The van der Waals surface area contributed by atoms with E-state index in [2.05, 4.69) is 25.3 Å². The highest BCUT2D eigenvalue weighted by Gasteiger charge is 2.07. The van der Waals surface area contributed by atoms with Crippen molar-refractivity contribution in [3.05, 3.63) is 0 Å². The first-order valence-corrected chi connectivity index (χ1v) is 5.78. The fraction of sp³-hybridized carbons (Fsp3) is 0.700. The number of nitrogens with two attached hydrogens (primary N) is 1. The molecule has 0 aliphatic heterocycles. The first-order chi connectivity index (χ1) is 8.65. The zero-order valence-corrected chi connectivity index (χ0v) is 11.0. The molecular formula is C10H20N6O2. The van der Waals surface area contributed by atoms with Gasteiger partial charge in [0.05, 0.1) is 13.2 Å². The fourth-order valence-corrected chi connectivity index (χ4v) is 1.20. The fourth-order valence-electron chi connectivity index (χ4n) is 1.20. The predicted octanol–water partition coefficient (Wildman–Crippen LogP) is -0.114. The lowest BCUT2D eigenvalue weighted by Gasteiger charge is -2.10. The van der Waals surface area contributed by atoms with Crippen molar-refractivity contribution in [1.82, 2.24) is 19.9 Å². The van der Waals surface area contributed by atoms with E-state index in [0.717, 1.165) is 13.0 Å². The maximum absolute atomic E-state index is 5.42. The minimum absolute atomic E-state index is 0.197. The Morgan fingerprint density at radius 1 is 1.17 bits per heavy atom. The van der Waals surface area contributed by atoms with Crippen LogP contribution in [-0.4, -0.2) is 53.7 Å². The number of hydrogen-bond acceptors (Lipinski definition) is 8. The van der Waals surface area contributed by atoms with E-state index in [1.807, 2.05) is 21.0 Å². The van der Waals surface area contributed by atoms with Gasteiger partial charge < -0.3 is 14.4 Å². The van der Waals surface area contributed by atoms with Gasteiger partial charge in [-0.3, -0.25) is 5.43 Å². The Morgan fingerprint density at radius 3 is 2.39 bits per heavy atom. The van der Waals surface area contributed by atoms with Crippen LogP contribution in [0.1, 0.15) is 13.3 Å². The van der Waals surface area contributed by atoms with Gasteiger partial charge in [0, 0.05) is 6.54 Å². The Balaban J connectivity index is 2.55. The molecule has 8 nitrogen and oxygen atoms in total. The summed E-state index contributed by atoms with van der Waals surface area (Å²) in [5.41, 5.74) is 2.34. The standard InChI is InChI=1S/C10H20N6O2/c1-4-17-9-12-8(15-11)13-10(14-9)18-7-5-6-16(2)3/h4-7,11H2,1-3H3,(H,12,13,14,15). The second-order valence-electron chi connectivity index (χ2n) is 3.81. The molecule has 0 atom stereocenters. The molecule has 8 heteroatoms. The Morgan fingerprint density at radius 2 is 1.83 bits per heavy atom. The highest BCUT2D eigenvalue weighted by Crippen LogP contribution is 2.12. The van der Waals surface area contributed by atoms with Crippen molar-refractivity contribution in [3.8, 4) is 12.0 Å². The maximum atomic E-state index is 5.42. The summed E-state index contributed by atoms with van der Waals surface area (Å²) in [6.45, 7) is 3.77. The Bertz CT molecular complexity index is 360. The third kappa shape index (κ3) is 5.11. The molecule has 1 heterocycles. The van der Waals surface area contributed by atoms with Gasteiger partial charge in [0.15, 0.2) is 0 Å². The van der Waals surface area contributed by atoms with Gasteiger partial charge in [-0.25, -0.2) is 5.84 Å². The zero-order valence-electron chi connectivity index (χ0n) is 11.0. The van der Waals surface area contributed by atoms with Crippen LogP contribution in [0, 0.1) is 0 Å². The van der Waals surface area contributed by atoms with Crippen LogP contribution < -0.4 is 20.7 Å². The van der Waals surface area contributed by atoms with E-state index in [4.69, 9.17) is 15.3 Å². The third-order valence-corrected chi connectivity index (χ3v) is 1.98. The number of nitrogen functional groups attached to an aromatic ring is 1. The molecule has 0 saturated carbocycles. The van der Waals surface area contributed by atoms with E-state index < -0.39 is 0 Å². The molecule has 0 unspecified atom stereocenters. The largest absolute Gasteiger partial charge is 0.464 e. The molecule has 1 aromatic rings. The zero-order chi connectivity index (χ0) is 13.4. The number of nitrogens with zero attached hydrogens (tertiary/aromatic N) is 4. The molecule has 3 N–H and O–H groups in total. The molecule has 0 aliphatic carbocycles. The van der Waals surface area contributed by atoms with Crippen LogP contribution in [0.25, 0.3) is 0 Å². The first-order valence-electron chi connectivity index (χ1n) is 5.78. The molecule has 1 aromatic heterocycles. The lowest BCUT2D eigenvalue weighted by Crippen LogP contribution is -2.17. The normalized spacial score (nSPS) is 10.5. The highest BCUT2D eigenvalue weighted by molar-refractivity contribution is 5.25. The summed E-state index contributed by atoms with van der Waals surface area (Å²) in [6.07, 6.45) is 0.883. The molecule has 0 aromatic carbocycles. The van der Waals surface area contributed by atoms with Crippen LogP contribution in [0.15, 0.2) is 0 Å². The molecule has 18 heavy (non-hydrogen) atoms. The van der Waals surface area contributed by atoms with Gasteiger partial charge in [0.25, 0.3) is 0 Å². The quantitative estimate of drug-likeness (QED) is 0.377. The summed E-state index contributed by atoms with van der Waals surface area (Å²) < 4.78 is 10.6.